The molecular weight excluding hydrogens is 268 g/mol. The second-order valence-corrected chi connectivity index (χ2v) is 6.17. The van der Waals surface area contributed by atoms with Crippen LogP contribution >= 0.6 is 11.8 Å². The molecule has 0 bridgehead atoms. The first-order valence-electron chi connectivity index (χ1n) is 7.32. The fourth-order valence-electron chi connectivity index (χ4n) is 2.60. The Morgan fingerprint density at radius 2 is 2.30 bits per heavy atom. The molecule has 3 nitrogen and oxygen atoms in total. The molecule has 1 unspecified atom stereocenters. The van der Waals surface area contributed by atoms with Gasteiger partial charge in [0.05, 0.1) is 17.4 Å². The van der Waals surface area contributed by atoms with Crippen LogP contribution in [0.25, 0.3) is 0 Å². The molecule has 0 spiro atoms. The van der Waals surface area contributed by atoms with E-state index >= 15 is 0 Å². The molecule has 1 saturated heterocycles. The molecule has 0 radical (unpaired) electrons. The summed E-state index contributed by atoms with van der Waals surface area (Å²) in [6.07, 6.45) is 2.59. The van der Waals surface area contributed by atoms with Gasteiger partial charge < -0.3 is 9.64 Å². The maximum Gasteiger partial charge on any atom is 0.103 e. The lowest BCUT2D eigenvalue weighted by molar-refractivity contribution is 0.115. The molecule has 0 amide bonds. The van der Waals surface area contributed by atoms with Gasteiger partial charge in [0.25, 0.3) is 0 Å². The van der Waals surface area contributed by atoms with Crippen LogP contribution in [0.4, 0.5) is 5.69 Å². The Kier molecular flexibility index (Phi) is 5.75. The van der Waals surface area contributed by atoms with Gasteiger partial charge in [-0.2, -0.15) is 5.26 Å². The van der Waals surface area contributed by atoms with Crippen LogP contribution in [-0.4, -0.2) is 31.6 Å². The van der Waals surface area contributed by atoms with E-state index in [1.165, 1.54) is 0 Å². The fraction of sp³-hybridized carbons (Fsp3) is 0.562. The van der Waals surface area contributed by atoms with Crippen LogP contribution in [0, 0.1) is 11.3 Å². The Bertz CT molecular complexity index is 478. The molecule has 1 atom stereocenters. The average molecular weight is 290 g/mol. The smallest absolute Gasteiger partial charge is 0.103 e. The zero-order chi connectivity index (χ0) is 14.4. The Labute approximate surface area is 125 Å². The van der Waals surface area contributed by atoms with E-state index in [0.29, 0.717) is 6.10 Å². The molecule has 1 aliphatic heterocycles. The van der Waals surface area contributed by atoms with Crippen molar-refractivity contribution in [3.05, 3.63) is 23.8 Å². The lowest BCUT2D eigenvalue weighted by atomic mass is 10.1. The number of nitriles is 1. The molecular formula is C16H22N2OS. The van der Waals surface area contributed by atoms with E-state index in [9.17, 15) is 5.26 Å². The number of benzene rings is 1. The molecule has 1 fully saturated rings. The fourth-order valence-corrected chi connectivity index (χ4v) is 3.38. The van der Waals surface area contributed by atoms with Gasteiger partial charge in [-0.25, -0.2) is 0 Å². The number of rotatable bonds is 6. The predicted octanol–water partition coefficient (Wildman–Crippen LogP) is 3.68. The lowest BCUT2D eigenvalue weighted by Gasteiger charge is -2.27. The molecule has 0 aliphatic carbocycles. The van der Waals surface area contributed by atoms with Crippen molar-refractivity contribution in [1.82, 2.24) is 0 Å². The third kappa shape index (κ3) is 3.47. The van der Waals surface area contributed by atoms with Crippen molar-refractivity contribution >= 4 is 17.4 Å². The first-order valence-corrected chi connectivity index (χ1v) is 8.31. The summed E-state index contributed by atoms with van der Waals surface area (Å²) in [6, 6.07) is 8.52. The minimum Gasteiger partial charge on any atom is -0.376 e. The van der Waals surface area contributed by atoms with Crippen molar-refractivity contribution in [1.29, 1.82) is 5.26 Å². The van der Waals surface area contributed by atoms with E-state index in [2.05, 4.69) is 30.9 Å². The van der Waals surface area contributed by atoms with Crippen LogP contribution in [0.2, 0.25) is 0 Å². The molecule has 1 heterocycles. The second-order valence-electron chi connectivity index (χ2n) is 4.87. The maximum atomic E-state index is 9.51. The molecule has 108 valence electrons. The number of anilines is 1. The minimum absolute atomic E-state index is 0.309. The Balaban J connectivity index is 2.24. The summed E-state index contributed by atoms with van der Waals surface area (Å²) >= 11 is 1.73. The highest BCUT2D eigenvalue weighted by Crippen LogP contribution is 2.31. The van der Waals surface area contributed by atoms with E-state index in [-0.39, 0.29) is 0 Å². The Morgan fingerprint density at radius 3 is 2.90 bits per heavy atom. The molecule has 1 aromatic carbocycles. The summed E-state index contributed by atoms with van der Waals surface area (Å²) < 4.78 is 5.73. The van der Waals surface area contributed by atoms with Crippen LogP contribution in [0.3, 0.4) is 0 Å². The van der Waals surface area contributed by atoms with Crippen molar-refractivity contribution in [3.63, 3.8) is 0 Å². The van der Waals surface area contributed by atoms with Gasteiger partial charge in [0.2, 0.25) is 0 Å². The highest BCUT2D eigenvalue weighted by atomic mass is 32.2. The van der Waals surface area contributed by atoms with Crippen LogP contribution in [0.1, 0.15) is 32.3 Å². The second kappa shape index (κ2) is 7.56. The summed E-state index contributed by atoms with van der Waals surface area (Å²) in [7, 11) is 0. The number of likely N-dealkylation sites (N-methyl/N-ethyl adjacent to an activating group) is 1. The van der Waals surface area contributed by atoms with Gasteiger partial charge >= 0.3 is 0 Å². The summed E-state index contributed by atoms with van der Waals surface area (Å²) in [5, 5.41) is 9.51. The number of hydrogen-bond donors (Lipinski definition) is 0. The van der Waals surface area contributed by atoms with Gasteiger partial charge in [-0.15, -0.1) is 11.8 Å². The summed E-state index contributed by atoms with van der Waals surface area (Å²) in [6.45, 7) is 6.90. The first-order chi connectivity index (χ1) is 9.80. The summed E-state index contributed by atoms with van der Waals surface area (Å²) in [5.74, 6) is 0.982. The molecule has 1 aromatic rings. The first kappa shape index (κ1) is 15.2. The van der Waals surface area contributed by atoms with Crippen LogP contribution in [-0.2, 0) is 4.74 Å². The largest absolute Gasteiger partial charge is 0.376 e. The monoisotopic (exact) mass is 290 g/mol. The third-order valence-corrected chi connectivity index (χ3v) is 4.53. The van der Waals surface area contributed by atoms with Gasteiger partial charge in [-0.3, -0.25) is 0 Å². The Hall–Kier alpha value is -1.18. The van der Waals surface area contributed by atoms with Crippen molar-refractivity contribution in [2.24, 2.45) is 0 Å². The van der Waals surface area contributed by atoms with Gasteiger partial charge in [-0.05, 0) is 37.7 Å². The van der Waals surface area contributed by atoms with E-state index < -0.39 is 0 Å². The summed E-state index contributed by atoms with van der Waals surface area (Å²) in [4.78, 5) is 3.35. The topological polar surface area (TPSA) is 36.3 Å². The number of thioether (sulfide) groups is 1. The van der Waals surface area contributed by atoms with E-state index in [1.807, 2.05) is 12.1 Å². The zero-order valence-electron chi connectivity index (χ0n) is 12.3. The number of ether oxygens (including phenoxy) is 1. The molecule has 0 N–H and O–H groups in total. The average Bonchev–Trinajstić information content (AvgIpc) is 2.98. The van der Waals surface area contributed by atoms with E-state index in [0.717, 1.165) is 54.4 Å². The highest BCUT2D eigenvalue weighted by molar-refractivity contribution is 7.99. The highest BCUT2D eigenvalue weighted by Gasteiger charge is 2.21. The minimum atomic E-state index is 0.309. The zero-order valence-corrected chi connectivity index (χ0v) is 13.1. The van der Waals surface area contributed by atoms with Crippen molar-refractivity contribution in [2.45, 2.75) is 37.7 Å². The van der Waals surface area contributed by atoms with Crippen LogP contribution in [0.5, 0.6) is 0 Å². The predicted molar refractivity (Wildman–Crippen MR) is 84.4 cm³/mol. The molecule has 2 rings (SSSR count). The Morgan fingerprint density at radius 1 is 1.45 bits per heavy atom. The third-order valence-electron chi connectivity index (χ3n) is 3.59. The molecule has 20 heavy (non-hydrogen) atoms. The number of hydrogen-bond acceptors (Lipinski definition) is 4. The van der Waals surface area contributed by atoms with Crippen molar-refractivity contribution in [3.8, 4) is 6.07 Å². The van der Waals surface area contributed by atoms with Crippen molar-refractivity contribution < 1.29 is 4.74 Å². The standard InChI is InChI=1S/C16H22N2OS/c1-3-18(12-13-7-6-10-19-13)15-8-5-9-16(20-4-2)14(15)11-17/h5,8-9,13H,3-4,6-7,10,12H2,1-2H3. The van der Waals surface area contributed by atoms with E-state index in [1.54, 1.807) is 11.8 Å². The number of nitrogens with zero attached hydrogens (tertiary/aromatic N) is 2. The summed E-state index contributed by atoms with van der Waals surface area (Å²) in [5.41, 5.74) is 1.85. The van der Waals surface area contributed by atoms with Gasteiger partial charge in [0.1, 0.15) is 6.07 Å². The SMILES string of the molecule is CCSc1cccc(N(CC)CC2CCCO2)c1C#N. The molecule has 1 aliphatic rings. The normalized spacial score (nSPS) is 17.9. The van der Waals surface area contributed by atoms with Gasteiger partial charge in [0, 0.05) is 24.6 Å². The van der Waals surface area contributed by atoms with Gasteiger partial charge in [0.15, 0.2) is 0 Å². The lowest BCUT2D eigenvalue weighted by Crippen LogP contribution is -2.32. The van der Waals surface area contributed by atoms with Gasteiger partial charge in [-0.1, -0.05) is 13.0 Å². The van der Waals surface area contributed by atoms with E-state index in [4.69, 9.17) is 4.74 Å². The van der Waals surface area contributed by atoms with Crippen LogP contribution < -0.4 is 4.90 Å². The molecule has 0 saturated carbocycles. The molecule has 4 heteroatoms. The molecule has 0 aromatic heterocycles. The maximum absolute atomic E-state index is 9.51. The van der Waals surface area contributed by atoms with Crippen LogP contribution in [0.15, 0.2) is 23.1 Å². The van der Waals surface area contributed by atoms with Crippen molar-refractivity contribution in [2.75, 3.05) is 30.3 Å². The quantitative estimate of drug-likeness (QED) is 0.749.